The fraction of sp³-hybridized carbons (Fsp3) is 0.625. The monoisotopic (exact) mass is 525 g/mol. The standard InChI is InChI=1S/C24H30F3N5O3S/c1-28-22(33)17-14-36-21-18(24(25,26)27)12-19(29-20(17)21)31-6-4-16(5-7-31)35-23(34)32-10-8-30(9-11-32)13-15-2-3-15/h12,14-16H,2-11,13H2,1H3,(H,28,33). The Morgan fingerprint density at radius 3 is 2.42 bits per heavy atom. The lowest BCUT2D eigenvalue weighted by Gasteiger charge is -2.36. The Kier molecular flexibility index (Phi) is 6.99. The van der Waals surface area contributed by atoms with Gasteiger partial charge in [0.05, 0.1) is 21.3 Å². The highest BCUT2D eigenvalue weighted by Crippen LogP contribution is 2.40. The molecule has 0 atom stereocenters. The van der Waals surface area contributed by atoms with Crippen LogP contribution in [-0.4, -0.2) is 85.7 Å². The molecular formula is C24H30F3N5O3S. The molecule has 3 fully saturated rings. The topological polar surface area (TPSA) is 78.0 Å². The molecule has 0 unspecified atom stereocenters. The summed E-state index contributed by atoms with van der Waals surface area (Å²) in [6, 6.07) is 1.06. The number of hydrogen-bond donors (Lipinski definition) is 1. The van der Waals surface area contributed by atoms with Crippen molar-refractivity contribution in [1.29, 1.82) is 0 Å². The van der Waals surface area contributed by atoms with E-state index < -0.39 is 17.6 Å². The number of alkyl halides is 3. The average molecular weight is 526 g/mol. The first-order valence-corrected chi connectivity index (χ1v) is 13.2. The van der Waals surface area contributed by atoms with Crippen molar-refractivity contribution in [3.63, 3.8) is 0 Å². The van der Waals surface area contributed by atoms with Gasteiger partial charge in [0.25, 0.3) is 5.91 Å². The molecule has 36 heavy (non-hydrogen) atoms. The van der Waals surface area contributed by atoms with E-state index in [-0.39, 0.29) is 33.8 Å². The van der Waals surface area contributed by atoms with Crippen LogP contribution in [0.4, 0.5) is 23.8 Å². The number of fused-ring (bicyclic) bond motifs is 1. The fourth-order valence-electron chi connectivity index (χ4n) is 4.86. The zero-order valence-electron chi connectivity index (χ0n) is 20.1. The van der Waals surface area contributed by atoms with Crippen LogP contribution in [0.5, 0.6) is 0 Å². The smallest absolute Gasteiger partial charge is 0.417 e. The van der Waals surface area contributed by atoms with Crippen molar-refractivity contribution >= 4 is 39.4 Å². The van der Waals surface area contributed by atoms with E-state index in [1.165, 1.54) is 25.3 Å². The Balaban J connectivity index is 1.22. The molecule has 4 heterocycles. The minimum atomic E-state index is -4.57. The second kappa shape index (κ2) is 10.0. The molecule has 3 aliphatic rings. The van der Waals surface area contributed by atoms with Crippen LogP contribution >= 0.6 is 11.3 Å². The summed E-state index contributed by atoms with van der Waals surface area (Å²) in [5.74, 6) is 0.527. The Morgan fingerprint density at radius 2 is 1.81 bits per heavy atom. The molecule has 2 aromatic heterocycles. The molecular weight excluding hydrogens is 495 g/mol. The van der Waals surface area contributed by atoms with Crippen molar-refractivity contribution in [2.45, 2.75) is 38.0 Å². The number of aromatic nitrogens is 1. The van der Waals surface area contributed by atoms with Gasteiger partial charge in [-0.3, -0.25) is 9.69 Å². The predicted octanol–water partition coefficient (Wildman–Crippen LogP) is 3.81. The van der Waals surface area contributed by atoms with Gasteiger partial charge in [-0.2, -0.15) is 13.2 Å². The summed E-state index contributed by atoms with van der Waals surface area (Å²) in [6.45, 7) is 4.96. The van der Waals surface area contributed by atoms with Crippen LogP contribution in [0.25, 0.3) is 10.2 Å². The van der Waals surface area contributed by atoms with E-state index in [1.54, 1.807) is 9.80 Å². The molecule has 2 amide bonds. The highest BCUT2D eigenvalue weighted by atomic mass is 32.1. The van der Waals surface area contributed by atoms with Gasteiger partial charge in [0, 0.05) is 71.1 Å². The fourth-order valence-corrected chi connectivity index (χ4v) is 5.89. The predicted molar refractivity (Wildman–Crippen MR) is 130 cm³/mol. The highest BCUT2D eigenvalue weighted by Gasteiger charge is 2.36. The summed E-state index contributed by atoms with van der Waals surface area (Å²) in [7, 11) is 1.43. The van der Waals surface area contributed by atoms with E-state index in [2.05, 4.69) is 15.2 Å². The van der Waals surface area contributed by atoms with Gasteiger partial charge in [-0.15, -0.1) is 11.3 Å². The van der Waals surface area contributed by atoms with Crippen molar-refractivity contribution in [2.75, 3.05) is 57.8 Å². The lowest BCUT2D eigenvalue weighted by molar-refractivity contribution is -0.136. The molecule has 12 heteroatoms. The first-order valence-electron chi connectivity index (χ1n) is 12.4. The molecule has 0 spiro atoms. The summed E-state index contributed by atoms with van der Waals surface area (Å²) in [4.78, 5) is 35.2. The van der Waals surface area contributed by atoms with Crippen molar-refractivity contribution in [3.05, 3.63) is 22.6 Å². The number of piperazine rings is 1. The number of thiophene rings is 1. The van der Waals surface area contributed by atoms with Crippen LogP contribution in [0.2, 0.25) is 0 Å². The number of ether oxygens (including phenoxy) is 1. The highest BCUT2D eigenvalue weighted by molar-refractivity contribution is 7.17. The van der Waals surface area contributed by atoms with E-state index in [0.29, 0.717) is 39.0 Å². The Morgan fingerprint density at radius 1 is 1.11 bits per heavy atom. The maximum absolute atomic E-state index is 13.8. The number of rotatable bonds is 5. The van der Waals surface area contributed by atoms with E-state index >= 15 is 0 Å². The zero-order valence-corrected chi connectivity index (χ0v) is 21.0. The second-order valence-electron chi connectivity index (χ2n) is 9.73. The molecule has 0 bridgehead atoms. The van der Waals surface area contributed by atoms with Crippen molar-refractivity contribution in [3.8, 4) is 0 Å². The first-order chi connectivity index (χ1) is 17.2. The molecule has 2 aromatic rings. The summed E-state index contributed by atoms with van der Waals surface area (Å²) in [5, 5.41) is 3.87. The molecule has 2 saturated heterocycles. The average Bonchev–Trinajstić information content (AvgIpc) is 3.58. The molecule has 5 rings (SSSR count). The minimum absolute atomic E-state index is 0.0501. The number of nitrogens with zero attached hydrogens (tertiary/aromatic N) is 4. The third-order valence-electron chi connectivity index (χ3n) is 7.16. The van der Waals surface area contributed by atoms with Gasteiger partial charge in [-0.25, -0.2) is 9.78 Å². The molecule has 0 radical (unpaired) electrons. The first kappa shape index (κ1) is 25.1. The Labute approximate surface area is 211 Å². The normalized spacial score (nSPS) is 20.1. The van der Waals surface area contributed by atoms with Gasteiger partial charge in [0.15, 0.2) is 0 Å². The molecule has 0 aromatic carbocycles. The number of amides is 2. The number of hydrogen-bond acceptors (Lipinski definition) is 7. The third-order valence-corrected chi connectivity index (χ3v) is 8.17. The van der Waals surface area contributed by atoms with Crippen molar-refractivity contribution in [1.82, 2.24) is 20.1 Å². The number of nitrogens with one attached hydrogen (secondary N) is 1. The number of anilines is 1. The summed E-state index contributed by atoms with van der Waals surface area (Å²) in [6.07, 6.45) is -1.55. The van der Waals surface area contributed by atoms with Gasteiger partial charge < -0.3 is 19.9 Å². The van der Waals surface area contributed by atoms with Crippen LogP contribution < -0.4 is 10.2 Å². The van der Waals surface area contributed by atoms with Crippen LogP contribution in [0, 0.1) is 5.92 Å². The number of pyridine rings is 1. The summed E-state index contributed by atoms with van der Waals surface area (Å²) < 4.78 is 47.2. The molecule has 1 saturated carbocycles. The molecule has 196 valence electrons. The maximum Gasteiger partial charge on any atom is 0.417 e. The van der Waals surface area contributed by atoms with Gasteiger partial charge in [0.2, 0.25) is 0 Å². The summed E-state index contributed by atoms with van der Waals surface area (Å²) in [5.41, 5.74) is -0.610. The van der Waals surface area contributed by atoms with E-state index in [9.17, 15) is 22.8 Å². The van der Waals surface area contributed by atoms with Crippen LogP contribution in [0.3, 0.4) is 0 Å². The van der Waals surface area contributed by atoms with Crippen LogP contribution in [-0.2, 0) is 10.9 Å². The number of piperidine rings is 1. The van der Waals surface area contributed by atoms with Crippen LogP contribution in [0.15, 0.2) is 11.4 Å². The van der Waals surface area contributed by atoms with Gasteiger partial charge in [0.1, 0.15) is 11.9 Å². The van der Waals surface area contributed by atoms with E-state index in [4.69, 9.17) is 4.74 Å². The lowest BCUT2D eigenvalue weighted by atomic mass is 10.1. The molecule has 8 nitrogen and oxygen atoms in total. The number of carbonyl (C=O) groups is 2. The van der Waals surface area contributed by atoms with Crippen molar-refractivity contribution in [2.24, 2.45) is 5.92 Å². The maximum atomic E-state index is 13.8. The van der Waals surface area contributed by atoms with Crippen molar-refractivity contribution < 1.29 is 27.5 Å². The SMILES string of the molecule is CNC(=O)c1csc2c(C(F)(F)F)cc(N3CCC(OC(=O)N4CCN(CC5CC5)CC4)CC3)nc12. The molecule has 1 aliphatic carbocycles. The largest absolute Gasteiger partial charge is 0.446 e. The third kappa shape index (κ3) is 5.39. The molecule has 1 N–H and O–H groups in total. The van der Waals surface area contributed by atoms with Gasteiger partial charge >= 0.3 is 12.3 Å². The number of carbonyl (C=O) groups excluding carboxylic acids is 2. The van der Waals surface area contributed by atoms with Gasteiger partial charge in [-0.05, 0) is 24.8 Å². The Hall–Kier alpha value is -2.60. The van der Waals surface area contributed by atoms with E-state index in [1.807, 2.05) is 0 Å². The summed E-state index contributed by atoms with van der Waals surface area (Å²) >= 11 is 0.866. The van der Waals surface area contributed by atoms with Gasteiger partial charge in [-0.1, -0.05) is 0 Å². The quantitative estimate of drug-likeness (QED) is 0.640. The minimum Gasteiger partial charge on any atom is -0.446 e. The van der Waals surface area contributed by atoms with Crippen LogP contribution in [0.1, 0.15) is 41.6 Å². The zero-order chi connectivity index (χ0) is 25.4. The lowest BCUT2D eigenvalue weighted by Crippen LogP contribution is -2.50. The second-order valence-corrected chi connectivity index (χ2v) is 10.6. The number of halogens is 3. The Bertz CT molecular complexity index is 1120. The van der Waals surface area contributed by atoms with E-state index in [0.717, 1.165) is 43.0 Å². The molecule has 2 aliphatic heterocycles.